The molecule has 2 amide bonds. The molecule has 2 aromatic carbocycles. The summed E-state index contributed by atoms with van der Waals surface area (Å²) in [7, 11) is 3.86. The summed E-state index contributed by atoms with van der Waals surface area (Å²) in [6, 6.07) is 13.8. The van der Waals surface area contributed by atoms with Gasteiger partial charge in [0, 0.05) is 32.1 Å². The summed E-state index contributed by atoms with van der Waals surface area (Å²) >= 11 is 0. The predicted molar refractivity (Wildman–Crippen MR) is 113 cm³/mol. The fourth-order valence-electron chi connectivity index (χ4n) is 3.04. The van der Waals surface area contributed by atoms with E-state index in [1.54, 1.807) is 23.1 Å². The highest BCUT2D eigenvalue weighted by Gasteiger charge is 2.22. The van der Waals surface area contributed by atoms with Crippen molar-refractivity contribution < 1.29 is 14.0 Å². The Kier molecular flexibility index (Phi) is 8.34. The van der Waals surface area contributed by atoms with Crippen LogP contribution in [0.4, 0.5) is 4.39 Å². The SMILES string of the molecule is CC(=O)NC(CC(=O)N(CCN(C)C)Cc1ccccc1F)c1ccc(C)cc1. The topological polar surface area (TPSA) is 52.7 Å². The van der Waals surface area contributed by atoms with Crippen LogP contribution in [0.5, 0.6) is 0 Å². The third-order valence-corrected chi connectivity index (χ3v) is 4.72. The first-order chi connectivity index (χ1) is 13.8. The summed E-state index contributed by atoms with van der Waals surface area (Å²) < 4.78 is 14.1. The van der Waals surface area contributed by atoms with Gasteiger partial charge in [0.2, 0.25) is 11.8 Å². The first-order valence-corrected chi connectivity index (χ1v) is 9.76. The van der Waals surface area contributed by atoms with Gasteiger partial charge in [0.05, 0.1) is 12.5 Å². The number of carbonyl (C=O) groups excluding carboxylic acids is 2. The van der Waals surface area contributed by atoms with Gasteiger partial charge in [0.15, 0.2) is 0 Å². The minimum absolute atomic E-state index is 0.116. The molecule has 0 saturated heterocycles. The molecule has 2 rings (SSSR count). The van der Waals surface area contributed by atoms with E-state index in [0.29, 0.717) is 18.7 Å². The number of carbonyl (C=O) groups is 2. The first kappa shape index (κ1) is 22.6. The zero-order chi connectivity index (χ0) is 21.4. The van der Waals surface area contributed by atoms with Crippen molar-refractivity contribution >= 4 is 11.8 Å². The number of halogens is 1. The monoisotopic (exact) mass is 399 g/mol. The Labute approximate surface area is 172 Å². The molecular formula is C23H30FN3O2. The number of hydrogen-bond acceptors (Lipinski definition) is 3. The van der Waals surface area contributed by atoms with Gasteiger partial charge in [-0.1, -0.05) is 48.0 Å². The Balaban J connectivity index is 2.20. The van der Waals surface area contributed by atoms with Crippen LogP contribution in [0.15, 0.2) is 48.5 Å². The normalized spacial score (nSPS) is 11.9. The molecule has 1 atom stereocenters. The molecule has 0 aromatic heterocycles. The van der Waals surface area contributed by atoms with Crippen molar-refractivity contribution in [2.45, 2.75) is 32.9 Å². The number of amides is 2. The van der Waals surface area contributed by atoms with Crippen molar-refractivity contribution in [3.63, 3.8) is 0 Å². The largest absolute Gasteiger partial charge is 0.349 e. The van der Waals surface area contributed by atoms with Crippen LogP contribution in [0.25, 0.3) is 0 Å². The number of benzene rings is 2. The van der Waals surface area contributed by atoms with Crippen molar-refractivity contribution in [3.05, 3.63) is 71.0 Å². The van der Waals surface area contributed by atoms with Gasteiger partial charge in [-0.2, -0.15) is 0 Å². The van der Waals surface area contributed by atoms with Crippen molar-refractivity contribution in [3.8, 4) is 0 Å². The van der Waals surface area contributed by atoms with Gasteiger partial charge in [-0.25, -0.2) is 4.39 Å². The molecule has 29 heavy (non-hydrogen) atoms. The number of aryl methyl sites for hydroxylation is 1. The summed E-state index contributed by atoms with van der Waals surface area (Å²) in [6.07, 6.45) is 0.116. The van der Waals surface area contributed by atoms with Crippen molar-refractivity contribution in [2.75, 3.05) is 27.2 Å². The molecule has 0 bridgehead atoms. The average molecular weight is 400 g/mol. The van der Waals surface area contributed by atoms with E-state index in [1.807, 2.05) is 50.2 Å². The second kappa shape index (κ2) is 10.7. The van der Waals surface area contributed by atoms with Crippen LogP contribution >= 0.6 is 0 Å². The van der Waals surface area contributed by atoms with E-state index in [2.05, 4.69) is 5.32 Å². The number of nitrogens with zero attached hydrogens (tertiary/aromatic N) is 2. The van der Waals surface area contributed by atoms with Crippen LogP contribution in [0.2, 0.25) is 0 Å². The Hall–Kier alpha value is -2.73. The number of rotatable bonds is 9. The molecule has 5 nitrogen and oxygen atoms in total. The maximum absolute atomic E-state index is 14.1. The van der Waals surface area contributed by atoms with Crippen LogP contribution in [0.1, 0.15) is 36.1 Å². The fourth-order valence-corrected chi connectivity index (χ4v) is 3.04. The van der Waals surface area contributed by atoms with E-state index in [1.165, 1.54) is 13.0 Å². The number of nitrogens with one attached hydrogen (secondary N) is 1. The van der Waals surface area contributed by atoms with Gasteiger partial charge in [0.1, 0.15) is 5.82 Å². The van der Waals surface area contributed by atoms with E-state index < -0.39 is 6.04 Å². The van der Waals surface area contributed by atoms with E-state index in [0.717, 1.165) is 11.1 Å². The minimum atomic E-state index is -0.428. The maximum Gasteiger partial charge on any atom is 0.225 e. The molecular weight excluding hydrogens is 369 g/mol. The van der Waals surface area contributed by atoms with Crippen LogP contribution in [-0.2, 0) is 16.1 Å². The third-order valence-electron chi connectivity index (χ3n) is 4.72. The van der Waals surface area contributed by atoms with Crippen molar-refractivity contribution in [1.82, 2.24) is 15.1 Å². The van der Waals surface area contributed by atoms with Crippen LogP contribution < -0.4 is 5.32 Å². The lowest BCUT2D eigenvalue weighted by atomic mass is 10.0. The van der Waals surface area contributed by atoms with Gasteiger partial charge < -0.3 is 15.1 Å². The van der Waals surface area contributed by atoms with Gasteiger partial charge in [-0.15, -0.1) is 0 Å². The molecule has 0 aliphatic carbocycles. The van der Waals surface area contributed by atoms with Crippen LogP contribution in [-0.4, -0.2) is 48.8 Å². The number of hydrogen-bond donors (Lipinski definition) is 1. The summed E-state index contributed by atoms with van der Waals surface area (Å²) in [5, 5.41) is 2.87. The average Bonchev–Trinajstić information content (AvgIpc) is 2.66. The van der Waals surface area contributed by atoms with Crippen molar-refractivity contribution in [1.29, 1.82) is 0 Å². The van der Waals surface area contributed by atoms with E-state index >= 15 is 0 Å². The zero-order valence-electron chi connectivity index (χ0n) is 17.6. The molecule has 0 spiro atoms. The highest BCUT2D eigenvalue weighted by Crippen LogP contribution is 2.20. The minimum Gasteiger partial charge on any atom is -0.349 e. The predicted octanol–water partition coefficient (Wildman–Crippen LogP) is 3.29. The molecule has 0 saturated carbocycles. The second-order valence-corrected chi connectivity index (χ2v) is 7.58. The number of likely N-dealkylation sites (N-methyl/N-ethyl adjacent to an activating group) is 1. The Morgan fingerprint density at radius 2 is 1.69 bits per heavy atom. The zero-order valence-corrected chi connectivity index (χ0v) is 17.6. The molecule has 0 heterocycles. The Morgan fingerprint density at radius 1 is 1.03 bits per heavy atom. The molecule has 0 radical (unpaired) electrons. The van der Waals surface area contributed by atoms with Gasteiger partial charge >= 0.3 is 0 Å². The molecule has 0 aliphatic rings. The molecule has 0 aliphatic heterocycles. The Bertz CT molecular complexity index is 821. The van der Waals surface area contributed by atoms with Crippen LogP contribution in [0, 0.1) is 12.7 Å². The highest BCUT2D eigenvalue weighted by atomic mass is 19.1. The smallest absolute Gasteiger partial charge is 0.225 e. The summed E-state index contributed by atoms with van der Waals surface area (Å²) in [5.41, 5.74) is 2.46. The van der Waals surface area contributed by atoms with Gasteiger partial charge in [-0.05, 0) is 32.6 Å². The summed E-state index contributed by atoms with van der Waals surface area (Å²) in [5.74, 6) is -0.654. The summed E-state index contributed by atoms with van der Waals surface area (Å²) in [6.45, 7) is 4.75. The molecule has 156 valence electrons. The Morgan fingerprint density at radius 3 is 2.28 bits per heavy atom. The molecule has 1 unspecified atom stereocenters. The molecule has 6 heteroatoms. The summed E-state index contributed by atoms with van der Waals surface area (Å²) in [4.78, 5) is 28.5. The second-order valence-electron chi connectivity index (χ2n) is 7.58. The molecule has 0 fully saturated rings. The van der Waals surface area contributed by atoms with Crippen LogP contribution in [0.3, 0.4) is 0 Å². The lowest BCUT2D eigenvalue weighted by Gasteiger charge is -2.27. The fraction of sp³-hybridized carbons (Fsp3) is 0.391. The first-order valence-electron chi connectivity index (χ1n) is 9.76. The van der Waals surface area contributed by atoms with Gasteiger partial charge in [0.25, 0.3) is 0 Å². The lowest BCUT2D eigenvalue weighted by Crippen LogP contribution is -2.39. The highest BCUT2D eigenvalue weighted by molar-refractivity contribution is 5.79. The quantitative estimate of drug-likeness (QED) is 0.704. The van der Waals surface area contributed by atoms with Gasteiger partial charge in [-0.3, -0.25) is 9.59 Å². The van der Waals surface area contributed by atoms with E-state index in [9.17, 15) is 14.0 Å². The third kappa shape index (κ3) is 7.31. The molecule has 2 aromatic rings. The van der Waals surface area contributed by atoms with E-state index in [-0.39, 0.29) is 30.6 Å². The lowest BCUT2D eigenvalue weighted by molar-refractivity contribution is -0.132. The van der Waals surface area contributed by atoms with Crippen molar-refractivity contribution in [2.24, 2.45) is 0 Å². The standard InChI is InChI=1S/C23H30FN3O2/c1-17-9-11-19(12-10-17)22(25-18(2)28)15-23(29)27(14-13-26(3)4)16-20-7-5-6-8-21(20)24/h5-12,22H,13-16H2,1-4H3,(H,25,28). The van der Waals surface area contributed by atoms with E-state index in [4.69, 9.17) is 0 Å². The molecule has 1 N–H and O–H groups in total. The maximum atomic E-state index is 14.1.